The minimum Gasteiger partial charge on any atom is -0.489 e. The van der Waals surface area contributed by atoms with Crippen molar-refractivity contribution in [3.8, 4) is 17.9 Å². The maximum Gasteiger partial charge on any atom is 0.130 e. The van der Waals surface area contributed by atoms with Crippen LogP contribution in [0.1, 0.15) is 5.56 Å². The molecule has 1 aromatic carbocycles. The fraction of sp³-hybridized carbons (Fsp3) is 0.0769. The third kappa shape index (κ3) is 3.79. The predicted molar refractivity (Wildman–Crippen MR) is 69.0 cm³/mol. The molecule has 1 rings (SSSR count). The molecule has 0 unspecified atom stereocenters. The largest absolute Gasteiger partial charge is 0.489 e. The Kier molecular flexibility index (Phi) is 5.00. The molecule has 0 spiro atoms. The second-order valence-electron chi connectivity index (χ2n) is 3.06. The first-order chi connectivity index (χ1) is 8.21. The average molecular weight is 289 g/mol. The Morgan fingerprint density at radius 1 is 1.41 bits per heavy atom. The Labute approximate surface area is 108 Å². The maximum absolute atomic E-state index is 8.71. The van der Waals surface area contributed by atoms with E-state index in [9.17, 15) is 0 Å². The monoisotopic (exact) mass is 288 g/mol. The van der Waals surface area contributed by atoms with Gasteiger partial charge in [-0.15, -0.1) is 0 Å². The third-order valence-electron chi connectivity index (χ3n) is 1.87. The summed E-state index contributed by atoms with van der Waals surface area (Å²) in [5, 5.41) is 17.4. The Morgan fingerprint density at radius 3 is 2.71 bits per heavy atom. The molecule has 0 aromatic heterocycles. The van der Waals surface area contributed by atoms with E-state index in [1.165, 1.54) is 6.08 Å². The fourth-order valence-corrected chi connectivity index (χ4v) is 1.54. The first-order valence-corrected chi connectivity index (χ1v) is 5.55. The van der Waals surface area contributed by atoms with E-state index in [-0.39, 0.29) is 5.57 Å². The van der Waals surface area contributed by atoms with Crippen molar-refractivity contribution in [2.24, 2.45) is 0 Å². The number of nitrogens with zero attached hydrogens (tertiary/aromatic N) is 2. The molecular weight excluding hydrogens is 280 g/mol. The highest BCUT2D eigenvalue weighted by Gasteiger charge is 2.03. The van der Waals surface area contributed by atoms with Gasteiger partial charge in [-0.2, -0.15) is 10.5 Å². The molecule has 0 bridgehead atoms. The summed E-state index contributed by atoms with van der Waals surface area (Å²) in [6, 6.07) is 9.01. The molecule has 0 fully saturated rings. The molecule has 0 aliphatic heterocycles. The van der Waals surface area contributed by atoms with Crippen LogP contribution in [0.25, 0.3) is 6.08 Å². The molecule has 0 aliphatic rings. The summed E-state index contributed by atoms with van der Waals surface area (Å²) >= 11 is 3.33. The predicted octanol–water partition coefficient (Wildman–Crippen LogP) is 3.44. The number of benzene rings is 1. The molecule has 0 radical (unpaired) electrons. The summed E-state index contributed by atoms with van der Waals surface area (Å²) in [5.41, 5.74) is 0.714. The molecule has 84 valence electrons. The van der Waals surface area contributed by atoms with Crippen molar-refractivity contribution in [3.05, 3.63) is 46.5 Å². The van der Waals surface area contributed by atoms with E-state index in [1.54, 1.807) is 18.2 Å². The van der Waals surface area contributed by atoms with Crippen molar-refractivity contribution < 1.29 is 4.74 Å². The van der Waals surface area contributed by atoms with Crippen molar-refractivity contribution in [1.29, 1.82) is 10.5 Å². The van der Waals surface area contributed by atoms with Crippen molar-refractivity contribution >= 4 is 22.0 Å². The Morgan fingerprint density at radius 2 is 2.12 bits per heavy atom. The Bertz CT molecular complexity index is 519. The van der Waals surface area contributed by atoms with Crippen LogP contribution in [0.3, 0.4) is 0 Å². The zero-order valence-corrected chi connectivity index (χ0v) is 10.6. The topological polar surface area (TPSA) is 56.8 Å². The van der Waals surface area contributed by atoms with Gasteiger partial charge in [-0.25, -0.2) is 0 Å². The Balaban J connectivity index is 3.16. The lowest BCUT2D eigenvalue weighted by molar-refractivity contribution is 0.362. The lowest BCUT2D eigenvalue weighted by atomic mass is 10.1. The number of ether oxygens (including phenoxy) is 1. The number of hydrogen-bond donors (Lipinski definition) is 0. The van der Waals surface area contributed by atoms with Crippen LogP contribution in [0.4, 0.5) is 0 Å². The summed E-state index contributed by atoms with van der Waals surface area (Å²) in [7, 11) is 0. The van der Waals surface area contributed by atoms with E-state index < -0.39 is 0 Å². The smallest absolute Gasteiger partial charge is 0.130 e. The molecular formula is C13H9BrN2O. The Hall–Kier alpha value is -2.04. The van der Waals surface area contributed by atoms with Crippen molar-refractivity contribution in [2.45, 2.75) is 0 Å². The van der Waals surface area contributed by atoms with E-state index in [0.717, 1.165) is 4.47 Å². The molecule has 0 aliphatic carbocycles. The van der Waals surface area contributed by atoms with Gasteiger partial charge >= 0.3 is 0 Å². The summed E-state index contributed by atoms with van der Waals surface area (Å²) in [4.78, 5) is 0. The zero-order chi connectivity index (χ0) is 12.7. The second-order valence-corrected chi connectivity index (χ2v) is 3.98. The highest BCUT2D eigenvalue weighted by Crippen LogP contribution is 2.25. The van der Waals surface area contributed by atoms with Crippen molar-refractivity contribution in [2.75, 3.05) is 6.61 Å². The van der Waals surface area contributed by atoms with Crippen LogP contribution in [0.15, 0.2) is 40.9 Å². The van der Waals surface area contributed by atoms with Crippen LogP contribution in [0.2, 0.25) is 0 Å². The van der Waals surface area contributed by atoms with Gasteiger partial charge in [0.1, 0.15) is 30.1 Å². The number of halogens is 1. The average Bonchev–Trinajstić information content (AvgIpc) is 2.35. The van der Waals surface area contributed by atoms with Crippen molar-refractivity contribution in [1.82, 2.24) is 0 Å². The van der Waals surface area contributed by atoms with Gasteiger partial charge in [-0.3, -0.25) is 0 Å². The molecule has 0 saturated heterocycles. The highest BCUT2D eigenvalue weighted by molar-refractivity contribution is 9.10. The third-order valence-corrected chi connectivity index (χ3v) is 2.36. The standard InChI is InChI=1S/C13H9BrN2O/c1-2-5-17-13-4-3-12(14)7-11(13)6-10(8-15)9-16/h2-4,6-7H,1,5H2. The quantitative estimate of drug-likeness (QED) is 0.630. The van der Waals surface area contributed by atoms with Gasteiger partial charge in [-0.1, -0.05) is 28.6 Å². The van der Waals surface area contributed by atoms with Crippen LogP contribution >= 0.6 is 15.9 Å². The van der Waals surface area contributed by atoms with Gasteiger partial charge in [0.2, 0.25) is 0 Å². The zero-order valence-electron chi connectivity index (χ0n) is 8.98. The highest BCUT2D eigenvalue weighted by atomic mass is 79.9. The molecule has 0 amide bonds. The number of nitriles is 2. The SMILES string of the molecule is C=CCOc1ccc(Br)cc1C=C(C#N)C#N. The molecule has 1 aromatic rings. The summed E-state index contributed by atoms with van der Waals surface area (Å²) < 4.78 is 6.28. The maximum atomic E-state index is 8.71. The number of rotatable bonds is 4. The van der Waals surface area contributed by atoms with Crippen LogP contribution < -0.4 is 4.74 Å². The molecule has 3 nitrogen and oxygen atoms in total. The lowest BCUT2D eigenvalue weighted by Gasteiger charge is -2.07. The van der Waals surface area contributed by atoms with E-state index in [2.05, 4.69) is 22.5 Å². The van der Waals surface area contributed by atoms with Crippen LogP contribution in [-0.2, 0) is 0 Å². The first kappa shape index (κ1) is 13.0. The number of allylic oxidation sites excluding steroid dienone is 1. The minimum atomic E-state index is 0.0338. The normalized spacial score (nSPS) is 8.65. The molecule has 0 saturated carbocycles. The number of hydrogen-bond acceptors (Lipinski definition) is 3. The summed E-state index contributed by atoms with van der Waals surface area (Å²) in [5.74, 6) is 0.608. The minimum absolute atomic E-state index is 0.0338. The molecule has 0 atom stereocenters. The van der Waals surface area contributed by atoms with Crippen LogP contribution in [0, 0.1) is 22.7 Å². The van der Waals surface area contributed by atoms with Gasteiger partial charge < -0.3 is 4.74 Å². The van der Waals surface area contributed by atoms with E-state index >= 15 is 0 Å². The summed E-state index contributed by atoms with van der Waals surface area (Å²) in [6.45, 7) is 3.93. The molecule has 17 heavy (non-hydrogen) atoms. The van der Waals surface area contributed by atoms with Gasteiger partial charge in [-0.05, 0) is 24.3 Å². The van der Waals surface area contributed by atoms with Gasteiger partial charge in [0.25, 0.3) is 0 Å². The van der Waals surface area contributed by atoms with Crippen LogP contribution in [0.5, 0.6) is 5.75 Å². The van der Waals surface area contributed by atoms with Gasteiger partial charge in [0.15, 0.2) is 0 Å². The van der Waals surface area contributed by atoms with E-state index in [0.29, 0.717) is 17.9 Å². The molecule has 4 heteroatoms. The van der Waals surface area contributed by atoms with Crippen LogP contribution in [-0.4, -0.2) is 6.61 Å². The summed E-state index contributed by atoms with van der Waals surface area (Å²) in [6.07, 6.45) is 3.12. The first-order valence-electron chi connectivity index (χ1n) is 4.76. The second kappa shape index (κ2) is 6.52. The lowest BCUT2D eigenvalue weighted by Crippen LogP contribution is -1.95. The van der Waals surface area contributed by atoms with Gasteiger partial charge in [0.05, 0.1) is 0 Å². The van der Waals surface area contributed by atoms with Gasteiger partial charge in [0, 0.05) is 10.0 Å². The van der Waals surface area contributed by atoms with E-state index in [4.69, 9.17) is 15.3 Å². The van der Waals surface area contributed by atoms with E-state index in [1.807, 2.05) is 18.2 Å². The van der Waals surface area contributed by atoms with Crippen molar-refractivity contribution in [3.63, 3.8) is 0 Å². The molecule has 0 N–H and O–H groups in total. The fourth-order valence-electron chi connectivity index (χ4n) is 1.16. The molecule has 0 heterocycles.